The molecule has 0 radical (unpaired) electrons. The van der Waals surface area contributed by atoms with Gasteiger partial charge in [0, 0.05) is 31.2 Å². The van der Waals surface area contributed by atoms with Crippen LogP contribution in [0.4, 0.5) is 5.69 Å². The molecule has 8 heteroatoms. The van der Waals surface area contributed by atoms with Gasteiger partial charge in [-0.1, -0.05) is 18.2 Å². The Morgan fingerprint density at radius 1 is 1.06 bits per heavy atom. The van der Waals surface area contributed by atoms with Crippen LogP contribution < -0.4 is 15.6 Å². The van der Waals surface area contributed by atoms with Gasteiger partial charge in [-0.2, -0.15) is 0 Å². The number of hydrogen-bond donors (Lipinski definition) is 2. The van der Waals surface area contributed by atoms with Gasteiger partial charge in [-0.3, -0.25) is 9.59 Å². The van der Waals surface area contributed by atoms with Crippen molar-refractivity contribution in [3.05, 3.63) is 82.2 Å². The summed E-state index contributed by atoms with van der Waals surface area (Å²) in [6.07, 6.45) is 0.978. The third-order valence-electron chi connectivity index (χ3n) is 6.39. The Bertz CT molecular complexity index is 1190. The summed E-state index contributed by atoms with van der Waals surface area (Å²) >= 11 is 0. The predicted molar refractivity (Wildman–Crippen MR) is 122 cm³/mol. The number of hydrogen-bond acceptors (Lipinski definition) is 6. The first-order valence-electron chi connectivity index (χ1n) is 11.2. The van der Waals surface area contributed by atoms with E-state index in [0.717, 1.165) is 12.1 Å². The number of benzene rings is 1. The fourth-order valence-electron chi connectivity index (χ4n) is 4.82. The summed E-state index contributed by atoms with van der Waals surface area (Å²) < 4.78 is 13.0. The minimum atomic E-state index is -0.151. The number of aromatic nitrogens is 1. The molecule has 1 aromatic carbocycles. The number of likely N-dealkylation sites (tertiary alicyclic amines) is 1. The lowest BCUT2D eigenvalue weighted by Gasteiger charge is -2.42. The van der Waals surface area contributed by atoms with Gasteiger partial charge < -0.3 is 29.0 Å². The zero-order valence-corrected chi connectivity index (χ0v) is 18.3. The molecule has 4 heterocycles. The molecular weight excluding hydrogens is 422 g/mol. The molecular formula is C25H27N3O5. The zero-order chi connectivity index (χ0) is 22.8. The van der Waals surface area contributed by atoms with Crippen molar-refractivity contribution in [1.29, 1.82) is 0 Å². The highest BCUT2D eigenvalue weighted by atomic mass is 16.5. The second-order valence-corrected chi connectivity index (χ2v) is 8.67. The van der Waals surface area contributed by atoms with E-state index >= 15 is 0 Å². The molecule has 0 spiro atoms. The van der Waals surface area contributed by atoms with Crippen LogP contribution in [0.1, 0.15) is 29.6 Å². The Hall–Kier alpha value is -3.52. The summed E-state index contributed by atoms with van der Waals surface area (Å²) in [5.41, 5.74) is 1.44. The van der Waals surface area contributed by atoms with E-state index in [1.54, 1.807) is 12.1 Å². The van der Waals surface area contributed by atoms with E-state index in [4.69, 9.17) is 14.3 Å². The number of amides is 1. The molecule has 1 saturated heterocycles. The molecule has 5 rings (SSSR count). The maximum Gasteiger partial charge on any atom is 0.274 e. The Balaban J connectivity index is 1.25. The third kappa shape index (κ3) is 4.52. The topological polar surface area (TPSA) is 96.9 Å². The van der Waals surface area contributed by atoms with Gasteiger partial charge in [0.2, 0.25) is 0 Å². The van der Waals surface area contributed by atoms with Crippen LogP contribution in [0.5, 0.6) is 5.75 Å². The van der Waals surface area contributed by atoms with Crippen molar-refractivity contribution in [3.8, 4) is 5.75 Å². The number of rotatable bonds is 7. The van der Waals surface area contributed by atoms with Gasteiger partial charge in [-0.25, -0.2) is 0 Å². The number of furan rings is 1. The molecule has 2 N–H and O–H groups in total. The van der Waals surface area contributed by atoms with Gasteiger partial charge >= 0.3 is 0 Å². The van der Waals surface area contributed by atoms with Crippen LogP contribution in [-0.2, 0) is 24.5 Å². The molecule has 0 saturated carbocycles. The smallest absolute Gasteiger partial charge is 0.274 e. The highest BCUT2D eigenvalue weighted by Gasteiger charge is 2.36. The molecule has 2 unspecified atom stereocenters. The number of ether oxygens (including phenoxy) is 1. The molecule has 3 aromatic rings. The number of nitrogens with zero attached hydrogens (tertiary/aromatic N) is 2. The van der Waals surface area contributed by atoms with E-state index in [2.05, 4.69) is 5.32 Å². The van der Waals surface area contributed by atoms with Gasteiger partial charge in [0.05, 0.1) is 6.54 Å². The van der Waals surface area contributed by atoms with E-state index in [1.807, 2.05) is 51.9 Å². The van der Waals surface area contributed by atoms with Crippen molar-refractivity contribution >= 4 is 11.6 Å². The van der Waals surface area contributed by atoms with Crippen molar-refractivity contribution in [2.75, 3.05) is 25.0 Å². The molecule has 33 heavy (non-hydrogen) atoms. The summed E-state index contributed by atoms with van der Waals surface area (Å²) in [7, 11) is 0. The first-order chi connectivity index (χ1) is 16.1. The largest absolute Gasteiger partial charge is 0.484 e. The first-order valence-corrected chi connectivity index (χ1v) is 11.2. The fraction of sp³-hybridized carbons (Fsp3) is 0.360. The van der Waals surface area contributed by atoms with E-state index in [0.29, 0.717) is 49.1 Å². The lowest BCUT2D eigenvalue weighted by atomic mass is 9.83. The van der Waals surface area contributed by atoms with E-state index < -0.39 is 0 Å². The molecule has 2 aliphatic rings. The summed E-state index contributed by atoms with van der Waals surface area (Å²) in [4.78, 5) is 27.8. The second-order valence-electron chi connectivity index (χ2n) is 8.67. The van der Waals surface area contributed by atoms with Crippen LogP contribution in [0.2, 0.25) is 0 Å². The van der Waals surface area contributed by atoms with Crippen LogP contribution in [0.15, 0.2) is 63.8 Å². The number of nitrogens with one attached hydrogen (secondary N) is 1. The van der Waals surface area contributed by atoms with Crippen LogP contribution in [0.25, 0.3) is 0 Å². The second kappa shape index (κ2) is 9.15. The Morgan fingerprint density at radius 2 is 1.88 bits per heavy atom. The lowest BCUT2D eigenvalue weighted by Crippen LogP contribution is -2.50. The van der Waals surface area contributed by atoms with Crippen molar-refractivity contribution in [3.63, 3.8) is 0 Å². The normalized spacial score (nSPS) is 19.1. The number of pyridine rings is 1. The van der Waals surface area contributed by atoms with E-state index in [9.17, 15) is 9.59 Å². The molecule has 2 aromatic heterocycles. The van der Waals surface area contributed by atoms with Crippen molar-refractivity contribution < 1.29 is 19.1 Å². The van der Waals surface area contributed by atoms with Crippen LogP contribution in [0.3, 0.4) is 0 Å². The standard InChI is InChI=1S/C25H27N3O5/c29-15-21-7-6-20(33-21)11-26-22-8-9-23-18-10-17(13-28(23)25(22)31)12-27(14-18)24(30)16-32-19-4-2-1-3-5-19/h1-9,17-18,26,29H,10-16H2. The predicted octanol–water partition coefficient (Wildman–Crippen LogP) is 2.57. The number of aliphatic hydroxyl groups is 1. The highest BCUT2D eigenvalue weighted by Crippen LogP contribution is 2.35. The lowest BCUT2D eigenvalue weighted by molar-refractivity contribution is -0.136. The first kappa shape index (κ1) is 21.3. The quantitative estimate of drug-likeness (QED) is 0.576. The summed E-state index contributed by atoms with van der Waals surface area (Å²) in [6.45, 7) is 2.06. The number of anilines is 1. The van der Waals surface area contributed by atoms with Crippen LogP contribution >= 0.6 is 0 Å². The van der Waals surface area contributed by atoms with Gasteiger partial charge in [0.25, 0.3) is 11.5 Å². The Kier molecular flexibility index (Phi) is 5.92. The van der Waals surface area contributed by atoms with E-state index in [-0.39, 0.29) is 36.5 Å². The molecule has 1 fully saturated rings. The number of para-hydroxylation sites is 1. The number of fused-ring (bicyclic) bond motifs is 4. The Labute approximate surface area is 191 Å². The van der Waals surface area contributed by atoms with Gasteiger partial charge in [0.1, 0.15) is 29.6 Å². The monoisotopic (exact) mass is 449 g/mol. The van der Waals surface area contributed by atoms with Gasteiger partial charge in [-0.15, -0.1) is 0 Å². The highest BCUT2D eigenvalue weighted by molar-refractivity contribution is 5.78. The Morgan fingerprint density at radius 3 is 2.67 bits per heavy atom. The van der Waals surface area contributed by atoms with Crippen LogP contribution in [0, 0.1) is 5.92 Å². The summed E-state index contributed by atoms with van der Waals surface area (Å²) in [6, 6.07) is 16.6. The number of carbonyl (C=O) groups excluding carboxylic acids is 1. The molecule has 2 bridgehead atoms. The van der Waals surface area contributed by atoms with Gasteiger partial charge in [-0.05, 0) is 48.7 Å². The van der Waals surface area contributed by atoms with Crippen molar-refractivity contribution in [2.24, 2.45) is 5.92 Å². The zero-order valence-electron chi connectivity index (χ0n) is 18.3. The van der Waals surface area contributed by atoms with Gasteiger partial charge in [0.15, 0.2) is 6.61 Å². The van der Waals surface area contributed by atoms with Crippen LogP contribution in [-0.4, -0.2) is 40.2 Å². The summed E-state index contributed by atoms with van der Waals surface area (Å²) in [5, 5.41) is 12.3. The summed E-state index contributed by atoms with van der Waals surface area (Å²) in [5.74, 6) is 2.18. The average molecular weight is 450 g/mol. The number of carbonyl (C=O) groups is 1. The molecule has 8 nitrogen and oxygen atoms in total. The SMILES string of the molecule is O=C(COc1ccccc1)N1CC2CC(C1)c1ccc(NCc3ccc(CO)o3)c(=O)n1C2. The average Bonchev–Trinajstić information content (AvgIpc) is 3.31. The van der Waals surface area contributed by atoms with E-state index in [1.165, 1.54) is 0 Å². The maximum atomic E-state index is 13.1. The molecule has 1 amide bonds. The third-order valence-corrected chi connectivity index (χ3v) is 6.39. The number of aliphatic hydroxyl groups excluding tert-OH is 1. The van der Waals surface area contributed by atoms with Crippen molar-refractivity contribution in [2.45, 2.75) is 32.0 Å². The molecule has 2 atom stereocenters. The van der Waals surface area contributed by atoms with Crippen molar-refractivity contribution in [1.82, 2.24) is 9.47 Å². The molecule has 2 aliphatic heterocycles. The maximum absolute atomic E-state index is 13.1. The number of piperidine rings is 1. The minimum Gasteiger partial charge on any atom is -0.484 e. The fourth-order valence-corrected chi connectivity index (χ4v) is 4.82. The molecule has 0 aliphatic carbocycles. The molecule has 172 valence electrons. The minimum absolute atomic E-state index is 0.0177.